The summed E-state index contributed by atoms with van der Waals surface area (Å²) in [7, 11) is 0. The van der Waals surface area contributed by atoms with Gasteiger partial charge in [-0.2, -0.15) is 0 Å². The number of halogens is 1. The monoisotopic (exact) mass is 205 g/mol. The normalized spacial score (nSPS) is 23.3. The van der Waals surface area contributed by atoms with E-state index in [1.165, 1.54) is 11.1 Å². The van der Waals surface area contributed by atoms with Gasteiger partial charge in [0.1, 0.15) is 0 Å². The van der Waals surface area contributed by atoms with Crippen molar-refractivity contribution in [2.45, 2.75) is 19.4 Å². The summed E-state index contributed by atoms with van der Waals surface area (Å²) >= 11 is 5.80. The summed E-state index contributed by atoms with van der Waals surface area (Å²) in [5.41, 5.74) is 2.48. The highest BCUT2D eigenvalue weighted by Gasteiger charge is 2.08. The highest BCUT2D eigenvalue weighted by atomic mass is 35.5. The van der Waals surface area contributed by atoms with Crippen molar-refractivity contribution in [3.63, 3.8) is 0 Å². The zero-order valence-corrected chi connectivity index (χ0v) is 8.83. The molecule has 2 rings (SSSR count). The van der Waals surface area contributed by atoms with Crippen LogP contribution in [0, 0.1) is 0 Å². The van der Waals surface area contributed by atoms with E-state index in [1.54, 1.807) is 0 Å². The average Bonchev–Trinajstić information content (AvgIpc) is 2.56. The van der Waals surface area contributed by atoms with Gasteiger partial charge in [0.2, 0.25) is 0 Å². The van der Waals surface area contributed by atoms with Gasteiger partial charge >= 0.3 is 0 Å². The summed E-state index contributed by atoms with van der Waals surface area (Å²) in [6.45, 7) is 2.12. The molecule has 1 aliphatic rings. The zero-order valence-electron chi connectivity index (χ0n) is 8.07. The Labute approximate surface area is 89.1 Å². The first-order valence-electron chi connectivity index (χ1n) is 4.73. The Hall–Kier alpha value is -1.08. The lowest BCUT2D eigenvalue weighted by Gasteiger charge is -1.97. The van der Waals surface area contributed by atoms with Gasteiger partial charge < -0.3 is 0 Å². The molecule has 1 atom stereocenters. The summed E-state index contributed by atoms with van der Waals surface area (Å²) < 4.78 is 0. The van der Waals surface area contributed by atoms with E-state index in [9.17, 15) is 0 Å². The van der Waals surface area contributed by atoms with Gasteiger partial charge in [-0.05, 0) is 36.6 Å². The molecule has 0 amide bonds. The topological polar surface area (TPSA) is 12.4 Å². The van der Waals surface area contributed by atoms with Crippen LogP contribution >= 0.6 is 11.6 Å². The van der Waals surface area contributed by atoms with E-state index in [2.05, 4.69) is 18.0 Å². The molecule has 1 unspecified atom stereocenters. The van der Waals surface area contributed by atoms with Gasteiger partial charge in [0.05, 0.1) is 6.04 Å². The molecule has 0 saturated heterocycles. The second kappa shape index (κ2) is 3.97. The average molecular weight is 206 g/mol. The third kappa shape index (κ3) is 2.24. The SMILES string of the molecule is CC1C/C(=C\c2ccc(Cl)cc2)C=N1. The molecule has 0 bridgehead atoms. The first-order valence-corrected chi connectivity index (χ1v) is 5.11. The third-order valence-corrected chi connectivity index (χ3v) is 2.50. The minimum Gasteiger partial charge on any atom is -0.290 e. The van der Waals surface area contributed by atoms with Gasteiger partial charge in [0.15, 0.2) is 0 Å². The largest absolute Gasteiger partial charge is 0.290 e. The molecule has 1 aliphatic heterocycles. The minimum atomic E-state index is 0.438. The molecular formula is C12H12ClN. The fourth-order valence-electron chi connectivity index (χ4n) is 1.54. The van der Waals surface area contributed by atoms with Crippen LogP contribution in [0.3, 0.4) is 0 Å². The molecule has 0 fully saturated rings. The van der Waals surface area contributed by atoms with Gasteiger partial charge in [-0.3, -0.25) is 4.99 Å². The van der Waals surface area contributed by atoms with Crippen molar-refractivity contribution in [3.8, 4) is 0 Å². The molecule has 14 heavy (non-hydrogen) atoms. The number of rotatable bonds is 1. The molecule has 1 nitrogen and oxygen atoms in total. The lowest BCUT2D eigenvalue weighted by Crippen LogP contribution is -1.89. The molecule has 0 radical (unpaired) electrons. The van der Waals surface area contributed by atoms with Crippen molar-refractivity contribution in [2.75, 3.05) is 0 Å². The fraction of sp³-hybridized carbons (Fsp3) is 0.250. The van der Waals surface area contributed by atoms with Gasteiger partial charge in [-0.15, -0.1) is 0 Å². The molecule has 2 heteroatoms. The van der Waals surface area contributed by atoms with Crippen molar-refractivity contribution in [3.05, 3.63) is 40.4 Å². The summed E-state index contributed by atoms with van der Waals surface area (Å²) in [6.07, 6.45) is 5.16. The van der Waals surface area contributed by atoms with Gasteiger partial charge in [0, 0.05) is 11.2 Å². The molecule has 1 aromatic carbocycles. The van der Waals surface area contributed by atoms with E-state index in [0.29, 0.717) is 6.04 Å². The third-order valence-electron chi connectivity index (χ3n) is 2.25. The second-order valence-electron chi connectivity index (χ2n) is 3.60. The molecule has 0 saturated carbocycles. The van der Waals surface area contributed by atoms with Crippen LogP contribution in [0.15, 0.2) is 34.8 Å². The van der Waals surface area contributed by atoms with Crippen LogP contribution in [0.25, 0.3) is 6.08 Å². The Morgan fingerprint density at radius 2 is 2.07 bits per heavy atom. The van der Waals surface area contributed by atoms with E-state index in [4.69, 9.17) is 11.6 Å². The Morgan fingerprint density at radius 3 is 2.64 bits per heavy atom. The van der Waals surface area contributed by atoms with E-state index >= 15 is 0 Å². The molecular weight excluding hydrogens is 194 g/mol. The van der Waals surface area contributed by atoms with Crippen LogP contribution in [-0.2, 0) is 0 Å². The van der Waals surface area contributed by atoms with Crippen LogP contribution in [0.1, 0.15) is 18.9 Å². The molecule has 0 aromatic heterocycles. The van der Waals surface area contributed by atoms with Gasteiger partial charge in [-0.25, -0.2) is 0 Å². The Balaban J connectivity index is 2.18. The summed E-state index contributed by atoms with van der Waals surface area (Å²) in [4.78, 5) is 4.31. The number of aliphatic imine (C=N–C) groups is 1. The number of hydrogen-bond acceptors (Lipinski definition) is 1. The van der Waals surface area contributed by atoms with Crippen LogP contribution in [-0.4, -0.2) is 12.3 Å². The fourth-order valence-corrected chi connectivity index (χ4v) is 1.66. The van der Waals surface area contributed by atoms with Gasteiger partial charge in [-0.1, -0.05) is 29.8 Å². The van der Waals surface area contributed by atoms with Crippen molar-refractivity contribution < 1.29 is 0 Å². The smallest absolute Gasteiger partial charge is 0.0512 e. The zero-order chi connectivity index (χ0) is 9.97. The van der Waals surface area contributed by atoms with Crippen LogP contribution < -0.4 is 0 Å². The van der Waals surface area contributed by atoms with Crippen LogP contribution in [0.5, 0.6) is 0 Å². The molecule has 0 spiro atoms. The second-order valence-corrected chi connectivity index (χ2v) is 4.04. The maximum Gasteiger partial charge on any atom is 0.0512 e. The van der Waals surface area contributed by atoms with Crippen molar-refractivity contribution >= 4 is 23.9 Å². The van der Waals surface area contributed by atoms with E-state index in [1.807, 2.05) is 30.5 Å². The maximum atomic E-state index is 5.80. The number of nitrogens with zero attached hydrogens (tertiary/aromatic N) is 1. The lowest BCUT2D eigenvalue weighted by molar-refractivity contribution is 0.785. The van der Waals surface area contributed by atoms with Crippen LogP contribution in [0.4, 0.5) is 0 Å². The van der Waals surface area contributed by atoms with E-state index < -0.39 is 0 Å². The highest BCUT2D eigenvalue weighted by Crippen LogP contribution is 2.18. The van der Waals surface area contributed by atoms with Crippen molar-refractivity contribution in [1.82, 2.24) is 0 Å². The first kappa shape index (κ1) is 9.47. The van der Waals surface area contributed by atoms with Crippen molar-refractivity contribution in [2.24, 2.45) is 4.99 Å². The number of benzene rings is 1. The Kier molecular flexibility index (Phi) is 2.69. The Bertz CT molecular complexity index is 376. The van der Waals surface area contributed by atoms with Gasteiger partial charge in [0.25, 0.3) is 0 Å². The molecule has 1 heterocycles. The van der Waals surface area contributed by atoms with Crippen LogP contribution in [0.2, 0.25) is 5.02 Å². The standard InChI is InChI=1S/C12H12ClN/c1-9-6-11(8-14-9)7-10-2-4-12(13)5-3-10/h2-5,7-9H,6H2,1H3/b11-7+. The van der Waals surface area contributed by atoms with Crippen molar-refractivity contribution in [1.29, 1.82) is 0 Å². The highest BCUT2D eigenvalue weighted by molar-refractivity contribution is 6.30. The van der Waals surface area contributed by atoms with E-state index in [-0.39, 0.29) is 0 Å². The molecule has 72 valence electrons. The quantitative estimate of drug-likeness (QED) is 0.665. The lowest BCUT2D eigenvalue weighted by atomic mass is 10.1. The summed E-state index contributed by atoms with van der Waals surface area (Å²) in [6, 6.07) is 8.29. The van der Waals surface area contributed by atoms with E-state index in [0.717, 1.165) is 11.4 Å². The molecule has 0 N–H and O–H groups in total. The predicted octanol–water partition coefficient (Wildman–Crippen LogP) is 3.59. The summed E-state index contributed by atoms with van der Waals surface area (Å²) in [5.74, 6) is 0. The summed E-state index contributed by atoms with van der Waals surface area (Å²) in [5, 5.41) is 0.778. The molecule has 1 aromatic rings. The number of hydrogen-bond donors (Lipinski definition) is 0. The minimum absolute atomic E-state index is 0.438. The predicted molar refractivity (Wildman–Crippen MR) is 62.0 cm³/mol. The maximum absolute atomic E-state index is 5.80. The molecule has 0 aliphatic carbocycles. The first-order chi connectivity index (χ1) is 6.74. The Morgan fingerprint density at radius 1 is 1.36 bits per heavy atom.